The zero-order valence-corrected chi connectivity index (χ0v) is 16.8. The molecule has 0 atom stereocenters. The van der Waals surface area contributed by atoms with E-state index in [-0.39, 0.29) is 10.1 Å². The number of nitrogens with two attached hydrogens (primary N) is 1. The lowest BCUT2D eigenvalue weighted by Gasteiger charge is -2.04. The lowest BCUT2D eigenvalue weighted by molar-refractivity contribution is -0.111. The Labute approximate surface area is 172 Å². The second-order valence-electron chi connectivity index (χ2n) is 6.29. The molecule has 0 spiro atoms. The van der Waals surface area contributed by atoms with Gasteiger partial charge < -0.3 is 11.1 Å². The van der Waals surface area contributed by atoms with E-state index in [0.29, 0.717) is 16.9 Å². The maximum atomic E-state index is 12.9. The number of carbonyl (C=O) groups is 1. The molecule has 1 amide bonds. The van der Waals surface area contributed by atoms with Crippen LogP contribution in [0, 0.1) is 0 Å². The summed E-state index contributed by atoms with van der Waals surface area (Å²) in [6.07, 6.45) is 5.82. The predicted molar refractivity (Wildman–Crippen MR) is 117 cm³/mol. The molecule has 0 fully saturated rings. The van der Waals surface area contributed by atoms with Crippen LogP contribution in [0.25, 0.3) is 16.2 Å². The largest absolute Gasteiger partial charge is 0.397 e. The molecule has 0 aliphatic heterocycles. The number of amides is 1. The highest BCUT2D eigenvalue weighted by molar-refractivity contribution is 7.92. The number of rotatable bonds is 5. The van der Waals surface area contributed by atoms with E-state index in [9.17, 15) is 13.2 Å². The van der Waals surface area contributed by atoms with Gasteiger partial charge in [0.15, 0.2) is 0 Å². The van der Waals surface area contributed by atoms with Gasteiger partial charge in [0.1, 0.15) is 4.21 Å². The summed E-state index contributed by atoms with van der Waals surface area (Å²) in [5, 5.41) is 3.57. The van der Waals surface area contributed by atoms with Crippen LogP contribution >= 0.6 is 11.3 Å². The van der Waals surface area contributed by atoms with Gasteiger partial charge in [-0.05, 0) is 47.4 Å². The number of anilines is 2. The average Bonchev–Trinajstić information content (AvgIpc) is 3.36. The van der Waals surface area contributed by atoms with Crippen molar-refractivity contribution in [1.82, 2.24) is 3.97 Å². The Kier molecular flexibility index (Phi) is 4.96. The molecule has 3 N–H and O–H groups in total. The molecule has 0 aliphatic carbocycles. The van der Waals surface area contributed by atoms with Gasteiger partial charge in [0.25, 0.3) is 10.0 Å². The second kappa shape index (κ2) is 7.57. The lowest BCUT2D eigenvalue weighted by atomic mass is 10.2. The number of benzene rings is 2. The highest BCUT2D eigenvalue weighted by Gasteiger charge is 2.19. The Morgan fingerprint density at radius 1 is 1.07 bits per heavy atom. The van der Waals surface area contributed by atoms with Crippen molar-refractivity contribution in [3.63, 3.8) is 0 Å². The molecule has 4 rings (SSSR count). The van der Waals surface area contributed by atoms with E-state index in [0.717, 1.165) is 14.1 Å². The van der Waals surface area contributed by atoms with Crippen molar-refractivity contribution in [3.05, 3.63) is 84.7 Å². The van der Waals surface area contributed by atoms with Gasteiger partial charge in [-0.15, -0.1) is 11.3 Å². The van der Waals surface area contributed by atoms with E-state index in [2.05, 4.69) is 5.32 Å². The van der Waals surface area contributed by atoms with E-state index >= 15 is 0 Å². The molecule has 0 saturated heterocycles. The minimum absolute atomic E-state index is 0.266. The number of hydrogen-bond acceptors (Lipinski definition) is 5. The molecular weight excluding hydrogens is 406 g/mol. The summed E-state index contributed by atoms with van der Waals surface area (Å²) < 4.78 is 28.1. The fourth-order valence-corrected chi connectivity index (χ4v) is 5.49. The molecule has 0 bridgehead atoms. The van der Waals surface area contributed by atoms with Gasteiger partial charge in [-0.2, -0.15) is 8.42 Å². The van der Waals surface area contributed by atoms with E-state index in [4.69, 9.17) is 5.73 Å². The average molecular weight is 424 g/mol. The topological polar surface area (TPSA) is 94.2 Å². The van der Waals surface area contributed by atoms with Crippen molar-refractivity contribution < 1.29 is 13.2 Å². The second-order valence-corrected chi connectivity index (χ2v) is 9.45. The summed E-state index contributed by atoms with van der Waals surface area (Å²) in [6.45, 7) is 0. The normalized spacial score (nSPS) is 11.9. The molecule has 0 unspecified atom stereocenters. The van der Waals surface area contributed by atoms with Crippen LogP contribution in [0.5, 0.6) is 0 Å². The number of nitrogens with one attached hydrogen (secondary N) is 1. The summed E-state index contributed by atoms with van der Waals surface area (Å²) >= 11 is 1.23. The van der Waals surface area contributed by atoms with Crippen molar-refractivity contribution in [2.45, 2.75) is 4.21 Å². The number of fused-ring (bicyclic) bond motifs is 1. The minimum atomic E-state index is -3.69. The number of para-hydroxylation sites is 2. The molecule has 29 heavy (non-hydrogen) atoms. The Morgan fingerprint density at radius 2 is 1.83 bits per heavy atom. The van der Waals surface area contributed by atoms with Crippen LogP contribution in [-0.4, -0.2) is 18.3 Å². The van der Waals surface area contributed by atoms with Gasteiger partial charge in [-0.1, -0.05) is 30.3 Å². The van der Waals surface area contributed by atoms with Crippen molar-refractivity contribution in [2.75, 3.05) is 11.1 Å². The summed E-state index contributed by atoms with van der Waals surface area (Å²) in [5.41, 5.74) is 7.38. The van der Waals surface area contributed by atoms with Crippen molar-refractivity contribution in [3.8, 4) is 0 Å². The molecular formula is C21H17N3O3S2. The Bertz CT molecular complexity index is 1300. The van der Waals surface area contributed by atoms with Gasteiger partial charge in [-0.25, -0.2) is 3.97 Å². The molecule has 8 heteroatoms. The van der Waals surface area contributed by atoms with Crippen LogP contribution in [0.2, 0.25) is 0 Å². The van der Waals surface area contributed by atoms with Crippen LogP contribution in [0.15, 0.2) is 83.3 Å². The summed E-state index contributed by atoms with van der Waals surface area (Å²) in [7, 11) is -3.69. The Hall–Kier alpha value is -3.36. The maximum absolute atomic E-state index is 12.9. The van der Waals surface area contributed by atoms with E-state index < -0.39 is 10.0 Å². The van der Waals surface area contributed by atoms with E-state index in [1.807, 2.05) is 24.3 Å². The molecule has 0 saturated carbocycles. The number of nitrogen functional groups attached to an aromatic ring is 1. The van der Waals surface area contributed by atoms with Gasteiger partial charge >= 0.3 is 0 Å². The third-order valence-corrected chi connectivity index (χ3v) is 7.47. The van der Waals surface area contributed by atoms with Crippen LogP contribution in [-0.2, 0) is 14.8 Å². The summed E-state index contributed by atoms with van der Waals surface area (Å²) in [6, 6.07) is 17.8. The molecule has 2 heterocycles. The molecule has 2 aromatic heterocycles. The third-order valence-electron chi connectivity index (χ3n) is 4.27. The molecule has 4 aromatic rings. The van der Waals surface area contributed by atoms with E-state index in [1.165, 1.54) is 29.8 Å². The highest BCUT2D eigenvalue weighted by atomic mass is 32.2. The quantitative estimate of drug-likeness (QED) is 0.372. The van der Waals surface area contributed by atoms with Crippen molar-refractivity contribution in [2.24, 2.45) is 0 Å². The Balaban J connectivity index is 1.52. The zero-order chi connectivity index (χ0) is 20.4. The summed E-state index contributed by atoms with van der Waals surface area (Å²) in [5.74, 6) is -0.358. The zero-order valence-electron chi connectivity index (χ0n) is 15.1. The minimum Gasteiger partial charge on any atom is -0.397 e. The molecule has 0 radical (unpaired) electrons. The monoisotopic (exact) mass is 423 g/mol. The first-order valence-electron chi connectivity index (χ1n) is 8.69. The maximum Gasteiger partial charge on any atom is 0.277 e. The standard InChI is InChI=1S/C21H17N3O3S2/c22-17-6-2-3-7-18(17)23-20(25)10-9-15-11-12-24(14-15)29(26,27)21-13-16-5-1-4-8-19(16)28-21/h1-14H,22H2,(H,23,25)/b10-9+. The van der Waals surface area contributed by atoms with Crippen LogP contribution in [0.3, 0.4) is 0 Å². The molecule has 0 aliphatic rings. The first-order chi connectivity index (χ1) is 13.9. The SMILES string of the molecule is Nc1ccccc1NC(=O)/C=C/c1ccn(S(=O)(=O)c2cc3ccccc3s2)c1. The summed E-state index contributed by atoms with van der Waals surface area (Å²) in [4.78, 5) is 12.1. The number of carbonyl (C=O) groups excluding carboxylic acids is 1. The fourth-order valence-electron chi connectivity index (χ4n) is 2.79. The van der Waals surface area contributed by atoms with Crippen molar-refractivity contribution in [1.29, 1.82) is 0 Å². The number of hydrogen-bond donors (Lipinski definition) is 2. The van der Waals surface area contributed by atoms with Crippen molar-refractivity contribution >= 4 is 54.8 Å². The highest BCUT2D eigenvalue weighted by Crippen LogP contribution is 2.30. The first-order valence-corrected chi connectivity index (χ1v) is 10.9. The van der Waals surface area contributed by atoms with E-state index in [1.54, 1.807) is 42.5 Å². The number of thiophene rings is 1. The third kappa shape index (κ3) is 3.94. The smallest absolute Gasteiger partial charge is 0.277 e. The molecule has 146 valence electrons. The van der Waals surface area contributed by atoms with Crippen LogP contribution in [0.4, 0.5) is 11.4 Å². The van der Waals surface area contributed by atoms with Crippen LogP contribution in [0.1, 0.15) is 5.56 Å². The number of nitrogens with zero attached hydrogens (tertiary/aromatic N) is 1. The van der Waals surface area contributed by atoms with Gasteiger partial charge in [-0.3, -0.25) is 4.79 Å². The van der Waals surface area contributed by atoms with Gasteiger partial charge in [0.05, 0.1) is 11.4 Å². The van der Waals surface area contributed by atoms with Gasteiger partial charge in [0.2, 0.25) is 5.91 Å². The first kappa shape index (κ1) is 19.0. The molecule has 2 aromatic carbocycles. The Morgan fingerprint density at radius 3 is 2.62 bits per heavy atom. The lowest BCUT2D eigenvalue weighted by Crippen LogP contribution is -2.09. The number of aromatic nitrogens is 1. The van der Waals surface area contributed by atoms with Gasteiger partial charge in [0, 0.05) is 23.2 Å². The predicted octanol–water partition coefficient (Wildman–Crippen LogP) is 4.17. The molecule has 6 nitrogen and oxygen atoms in total. The fraction of sp³-hybridized carbons (Fsp3) is 0. The van der Waals surface area contributed by atoms with Crippen LogP contribution < -0.4 is 11.1 Å².